The number of anilines is 1. The summed E-state index contributed by atoms with van der Waals surface area (Å²) in [4.78, 5) is 31.9. The molecule has 0 bridgehead atoms. The van der Waals surface area contributed by atoms with Crippen LogP contribution in [-0.4, -0.2) is 78.6 Å². The molecule has 3 fully saturated rings. The van der Waals surface area contributed by atoms with E-state index in [4.69, 9.17) is 16.3 Å². The Labute approximate surface area is 197 Å². The number of carbonyl (C=O) groups excluding carboxylic acids is 2. The predicted molar refractivity (Wildman–Crippen MR) is 122 cm³/mol. The van der Waals surface area contributed by atoms with Crippen LogP contribution in [0.3, 0.4) is 0 Å². The van der Waals surface area contributed by atoms with Crippen molar-refractivity contribution in [2.24, 2.45) is 5.92 Å². The highest BCUT2D eigenvalue weighted by Crippen LogP contribution is 2.30. The number of piperazine rings is 1. The van der Waals surface area contributed by atoms with Crippen molar-refractivity contribution < 1.29 is 22.7 Å². The van der Waals surface area contributed by atoms with Gasteiger partial charge in [-0.15, -0.1) is 0 Å². The zero-order valence-electron chi connectivity index (χ0n) is 17.9. The van der Waals surface area contributed by atoms with E-state index >= 15 is 0 Å². The van der Waals surface area contributed by atoms with Crippen molar-refractivity contribution in [1.29, 1.82) is 0 Å². The Morgan fingerprint density at radius 1 is 1.25 bits per heavy atom. The van der Waals surface area contributed by atoms with Crippen LogP contribution in [0.2, 0.25) is 4.34 Å². The first kappa shape index (κ1) is 23.9. The number of hydrogen-bond acceptors (Lipinski definition) is 7. The van der Waals surface area contributed by atoms with Crippen LogP contribution < -0.4 is 5.32 Å². The van der Waals surface area contributed by atoms with E-state index in [2.05, 4.69) is 10.3 Å². The van der Waals surface area contributed by atoms with Gasteiger partial charge in [-0.05, 0) is 38.0 Å². The molecule has 0 radical (unpaired) electrons. The summed E-state index contributed by atoms with van der Waals surface area (Å²) in [5, 5.41) is 2.77. The fourth-order valence-electron chi connectivity index (χ4n) is 4.78. The number of carbonyl (C=O) groups is 2. The first-order chi connectivity index (χ1) is 15.3. The van der Waals surface area contributed by atoms with Crippen LogP contribution in [0.15, 0.2) is 6.20 Å². The van der Waals surface area contributed by atoms with Crippen LogP contribution in [0.5, 0.6) is 0 Å². The molecule has 32 heavy (non-hydrogen) atoms. The van der Waals surface area contributed by atoms with Crippen molar-refractivity contribution in [3.05, 3.63) is 10.5 Å². The van der Waals surface area contributed by atoms with Gasteiger partial charge < -0.3 is 15.0 Å². The minimum absolute atomic E-state index is 0.199. The van der Waals surface area contributed by atoms with E-state index in [1.54, 1.807) is 4.90 Å². The fourth-order valence-corrected chi connectivity index (χ4v) is 7.58. The Kier molecular flexibility index (Phi) is 7.71. The van der Waals surface area contributed by atoms with Gasteiger partial charge in [0.1, 0.15) is 10.4 Å². The van der Waals surface area contributed by atoms with Gasteiger partial charge in [-0.2, -0.15) is 4.31 Å². The van der Waals surface area contributed by atoms with Crippen molar-refractivity contribution in [2.45, 2.75) is 56.2 Å². The summed E-state index contributed by atoms with van der Waals surface area (Å²) < 4.78 is 33.1. The van der Waals surface area contributed by atoms with Crippen molar-refractivity contribution in [3.8, 4) is 0 Å². The molecule has 178 valence electrons. The number of halogens is 1. The van der Waals surface area contributed by atoms with Crippen LogP contribution in [0.25, 0.3) is 0 Å². The van der Waals surface area contributed by atoms with Gasteiger partial charge in [-0.1, -0.05) is 35.8 Å². The number of rotatable bonds is 7. The average Bonchev–Trinajstić information content (AvgIpc) is 3.45. The van der Waals surface area contributed by atoms with Crippen LogP contribution in [0, 0.1) is 5.92 Å². The van der Waals surface area contributed by atoms with Crippen molar-refractivity contribution in [1.82, 2.24) is 14.2 Å². The van der Waals surface area contributed by atoms with Crippen LogP contribution in [0.1, 0.15) is 44.9 Å². The van der Waals surface area contributed by atoms with E-state index in [1.165, 1.54) is 10.5 Å². The van der Waals surface area contributed by atoms with E-state index in [-0.39, 0.29) is 37.4 Å². The monoisotopic (exact) mass is 504 g/mol. The van der Waals surface area contributed by atoms with E-state index in [1.807, 2.05) is 0 Å². The minimum Gasteiger partial charge on any atom is -0.381 e. The summed E-state index contributed by atoms with van der Waals surface area (Å²) in [7, 11) is -3.49. The lowest BCUT2D eigenvalue weighted by Gasteiger charge is -2.39. The molecule has 4 rings (SSSR count). The van der Waals surface area contributed by atoms with Crippen molar-refractivity contribution >= 4 is 49.9 Å². The van der Waals surface area contributed by atoms with Crippen molar-refractivity contribution in [3.63, 3.8) is 0 Å². The van der Waals surface area contributed by atoms with E-state index in [0.29, 0.717) is 41.9 Å². The lowest BCUT2D eigenvalue weighted by atomic mass is 9.91. The number of amides is 2. The maximum absolute atomic E-state index is 13.2. The standard InChI is InChI=1S/C20H29ClN4O5S2/c21-17-12-22-20(31-17)23-19(27)16(11-14-5-9-30-10-6-14)25-8-7-24(13-18(25)26)32(28,29)15-3-1-2-4-15/h12,14-16H,1-11,13H2,(H,22,23,27)/t16-/m1/s1. The van der Waals surface area contributed by atoms with Gasteiger partial charge in [0.2, 0.25) is 21.8 Å². The Morgan fingerprint density at radius 2 is 1.97 bits per heavy atom. The van der Waals surface area contributed by atoms with Gasteiger partial charge in [-0.25, -0.2) is 13.4 Å². The Hall–Kier alpha value is -1.27. The molecule has 0 aromatic carbocycles. The molecule has 12 heteroatoms. The normalized spacial score (nSPS) is 22.9. The second kappa shape index (κ2) is 10.3. The fraction of sp³-hybridized carbons (Fsp3) is 0.750. The van der Waals surface area contributed by atoms with E-state index < -0.39 is 21.3 Å². The molecule has 1 aromatic rings. The Balaban J connectivity index is 1.47. The minimum atomic E-state index is -3.49. The summed E-state index contributed by atoms with van der Waals surface area (Å²) in [5.41, 5.74) is 0. The molecular weight excluding hydrogens is 476 g/mol. The first-order valence-electron chi connectivity index (χ1n) is 11.1. The highest BCUT2D eigenvalue weighted by molar-refractivity contribution is 7.89. The summed E-state index contributed by atoms with van der Waals surface area (Å²) in [6, 6.07) is -0.690. The first-order valence-corrected chi connectivity index (χ1v) is 13.8. The van der Waals surface area contributed by atoms with E-state index in [0.717, 1.165) is 37.0 Å². The third kappa shape index (κ3) is 5.44. The number of aromatic nitrogens is 1. The molecule has 1 atom stereocenters. The van der Waals surface area contributed by atoms with Gasteiger partial charge in [0.05, 0.1) is 18.0 Å². The van der Waals surface area contributed by atoms with Gasteiger partial charge in [-0.3, -0.25) is 9.59 Å². The lowest BCUT2D eigenvalue weighted by Crippen LogP contribution is -2.59. The Morgan fingerprint density at radius 3 is 2.59 bits per heavy atom. The van der Waals surface area contributed by atoms with Gasteiger partial charge in [0.15, 0.2) is 5.13 Å². The molecule has 1 saturated carbocycles. The molecule has 1 N–H and O–H groups in total. The van der Waals surface area contributed by atoms with Gasteiger partial charge in [0.25, 0.3) is 0 Å². The summed E-state index contributed by atoms with van der Waals surface area (Å²) >= 11 is 7.08. The lowest BCUT2D eigenvalue weighted by molar-refractivity contribution is -0.142. The smallest absolute Gasteiger partial charge is 0.248 e. The number of nitrogens with zero attached hydrogens (tertiary/aromatic N) is 3. The van der Waals surface area contributed by atoms with Gasteiger partial charge in [0, 0.05) is 26.3 Å². The topological polar surface area (TPSA) is 109 Å². The molecule has 1 aliphatic carbocycles. The Bertz CT molecular complexity index is 928. The summed E-state index contributed by atoms with van der Waals surface area (Å²) in [5.74, 6) is -0.391. The molecular formula is C20H29ClN4O5S2. The second-order valence-corrected chi connectivity index (χ2v) is 12.5. The summed E-state index contributed by atoms with van der Waals surface area (Å²) in [6.45, 7) is 1.49. The quantitative estimate of drug-likeness (QED) is 0.610. The third-order valence-electron chi connectivity index (χ3n) is 6.59. The zero-order chi connectivity index (χ0) is 22.7. The summed E-state index contributed by atoms with van der Waals surface area (Å²) in [6.07, 6.45) is 6.76. The van der Waals surface area contributed by atoms with E-state index in [9.17, 15) is 18.0 Å². The highest BCUT2D eigenvalue weighted by Gasteiger charge is 2.41. The predicted octanol–water partition coefficient (Wildman–Crippen LogP) is 2.34. The molecule has 3 heterocycles. The third-order valence-corrected chi connectivity index (χ3v) is 9.97. The van der Waals surface area contributed by atoms with Crippen LogP contribution in [0.4, 0.5) is 5.13 Å². The molecule has 9 nitrogen and oxygen atoms in total. The van der Waals surface area contributed by atoms with Crippen LogP contribution in [-0.2, 0) is 24.3 Å². The second-order valence-electron chi connectivity index (χ2n) is 8.64. The highest BCUT2D eigenvalue weighted by atomic mass is 35.5. The largest absolute Gasteiger partial charge is 0.381 e. The number of nitrogens with one attached hydrogen (secondary N) is 1. The molecule has 2 aliphatic heterocycles. The maximum Gasteiger partial charge on any atom is 0.248 e. The molecule has 3 aliphatic rings. The SMILES string of the molecule is O=C(Nc1ncc(Cl)s1)[C@@H](CC1CCOCC1)N1CCN(S(=O)(=O)C2CCCC2)CC1=O. The maximum atomic E-state index is 13.2. The average molecular weight is 505 g/mol. The number of ether oxygens (including phenoxy) is 1. The van der Waals surface area contributed by atoms with Crippen LogP contribution >= 0.6 is 22.9 Å². The molecule has 2 amide bonds. The van der Waals surface area contributed by atoms with Crippen molar-refractivity contribution in [2.75, 3.05) is 38.2 Å². The number of sulfonamides is 1. The van der Waals surface area contributed by atoms with Gasteiger partial charge >= 0.3 is 0 Å². The molecule has 0 unspecified atom stereocenters. The molecule has 0 spiro atoms. The molecule has 1 aromatic heterocycles. The zero-order valence-corrected chi connectivity index (χ0v) is 20.3. The number of thiazole rings is 1. The number of hydrogen-bond donors (Lipinski definition) is 1. The molecule has 2 saturated heterocycles.